The highest BCUT2D eigenvalue weighted by molar-refractivity contribution is 6.04. The van der Waals surface area contributed by atoms with Crippen LogP contribution < -0.4 is 14.8 Å². The molecule has 1 aromatic carbocycles. The molecular formula is C13H17NO5. The van der Waals surface area contributed by atoms with Crippen LogP contribution in [0.5, 0.6) is 11.5 Å². The third kappa shape index (κ3) is 3.69. The molecule has 19 heavy (non-hydrogen) atoms. The molecule has 0 aliphatic rings. The van der Waals surface area contributed by atoms with Crippen molar-refractivity contribution in [2.45, 2.75) is 12.5 Å². The van der Waals surface area contributed by atoms with Crippen LogP contribution in [-0.2, 0) is 4.79 Å². The SMILES string of the molecule is CNC(CC(=O)O)C(=O)c1cc(OC)ccc1OC. The number of ether oxygens (including phenoxy) is 2. The Morgan fingerprint density at radius 2 is 2.00 bits per heavy atom. The van der Waals surface area contributed by atoms with E-state index < -0.39 is 12.0 Å². The van der Waals surface area contributed by atoms with Gasteiger partial charge in [0.25, 0.3) is 0 Å². The van der Waals surface area contributed by atoms with Crippen LogP contribution in [0.3, 0.4) is 0 Å². The van der Waals surface area contributed by atoms with Gasteiger partial charge in [-0.2, -0.15) is 0 Å². The Balaban J connectivity index is 3.11. The molecule has 0 radical (unpaired) electrons. The first-order valence-electron chi connectivity index (χ1n) is 5.68. The first-order valence-corrected chi connectivity index (χ1v) is 5.68. The lowest BCUT2D eigenvalue weighted by Gasteiger charge is -2.15. The lowest BCUT2D eigenvalue weighted by atomic mass is 10.0. The first kappa shape index (κ1) is 15.0. The summed E-state index contributed by atoms with van der Waals surface area (Å²) in [6, 6.07) is 4.01. The van der Waals surface area contributed by atoms with Gasteiger partial charge in [-0.1, -0.05) is 0 Å². The molecule has 1 aromatic rings. The summed E-state index contributed by atoms with van der Waals surface area (Å²) in [6.45, 7) is 0. The monoisotopic (exact) mass is 267 g/mol. The number of nitrogens with one attached hydrogen (secondary N) is 1. The normalized spacial score (nSPS) is 11.7. The standard InChI is InChI=1S/C13H17NO5/c1-14-10(7-12(15)16)13(17)9-6-8(18-2)4-5-11(9)19-3/h4-6,10,14H,7H2,1-3H3,(H,15,16). The fourth-order valence-electron chi connectivity index (χ4n) is 1.69. The van der Waals surface area contributed by atoms with Crippen molar-refractivity contribution in [3.05, 3.63) is 23.8 Å². The molecule has 1 atom stereocenters. The van der Waals surface area contributed by atoms with E-state index in [4.69, 9.17) is 14.6 Å². The Labute approximate surface area is 111 Å². The van der Waals surface area contributed by atoms with Crippen LogP contribution in [0.2, 0.25) is 0 Å². The molecule has 0 aromatic heterocycles. The molecule has 6 nitrogen and oxygen atoms in total. The van der Waals surface area contributed by atoms with Gasteiger partial charge in [0.05, 0.1) is 32.2 Å². The summed E-state index contributed by atoms with van der Waals surface area (Å²) in [5.41, 5.74) is 0.294. The molecule has 0 saturated carbocycles. The fourth-order valence-corrected chi connectivity index (χ4v) is 1.69. The summed E-state index contributed by atoms with van der Waals surface area (Å²) in [5, 5.41) is 11.5. The third-order valence-electron chi connectivity index (χ3n) is 2.72. The van der Waals surface area contributed by atoms with Gasteiger partial charge < -0.3 is 19.9 Å². The van der Waals surface area contributed by atoms with Crippen LogP contribution in [0.25, 0.3) is 0 Å². The second-order valence-corrected chi connectivity index (χ2v) is 3.87. The maximum Gasteiger partial charge on any atom is 0.305 e. The average molecular weight is 267 g/mol. The minimum Gasteiger partial charge on any atom is -0.497 e. The Hall–Kier alpha value is -2.08. The van der Waals surface area contributed by atoms with E-state index in [9.17, 15) is 9.59 Å². The summed E-state index contributed by atoms with van der Waals surface area (Å²) in [5.74, 6) is -0.499. The van der Waals surface area contributed by atoms with Crippen molar-refractivity contribution in [2.75, 3.05) is 21.3 Å². The van der Waals surface area contributed by atoms with Crippen molar-refractivity contribution in [2.24, 2.45) is 0 Å². The number of carboxylic acid groups (broad SMARTS) is 1. The van der Waals surface area contributed by atoms with E-state index in [1.165, 1.54) is 27.3 Å². The molecule has 0 aliphatic heterocycles. The second kappa shape index (κ2) is 6.75. The molecule has 2 N–H and O–H groups in total. The molecular weight excluding hydrogens is 250 g/mol. The number of aliphatic carboxylic acids is 1. The zero-order valence-electron chi connectivity index (χ0n) is 11.1. The van der Waals surface area contributed by atoms with Crippen molar-refractivity contribution in [1.29, 1.82) is 0 Å². The largest absolute Gasteiger partial charge is 0.497 e. The Bertz CT molecular complexity index is 472. The topological polar surface area (TPSA) is 84.9 Å². The minimum absolute atomic E-state index is 0.294. The van der Waals surface area contributed by atoms with Crippen LogP contribution in [0, 0.1) is 0 Å². The lowest BCUT2D eigenvalue weighted by Crippen LogP contribution is -2.36. The van der Waals surface area contributed by atoms with Gasteiger partial charge in [-0.05, 0) is 25.2 Å². The summed E-state index contributed by atoms with van der Waals surface area (Å²) >= 11 is 0. The van der Waals surface area contributed by atoms with Crippen LogP contribution in [0.1, 0.15) is 16.8 Å². The highest BCUT2D eigenvalue weighted by Crippen LogP contribution is 2.25. The van der Waals surface area contributed by atoms with E-state index in [1.807, 2.05) is 0 Å². The van der Waals surface area contributed by atoms with Crippen LogP contribution in [0.4, 0.5) is 0 Å². The van der Waals surface area contributed by atoms with Gasteiger partial charge >= 0.3 is 5.97 Å². The maximum absolute atomic E-state index is 12.3. The van der Waals surface area contributed by atoms with Crippen LogP contribution in [-0.4, -0.2) is 44.2 Å². The Kier molecular flexibility index (Phi) is 5.32. The zero-order chi connectivity index (χ0) is 14.4. The van der Waals surface area contributed by atoms with E-state index in [1.54, 1.807) is 12.1 Å². The molecule has 0 fully saturated rings. The summed E-state index contributed by atoms with van der Waals surface area (Å²) in [4.78, 5) is 23.0. The average Bonchev–Trinajstić information content (AvgIpc) is 2.42. The minimum atomic E-state index is -1.05. The number of likely N-dealkylation sites (N-methyl/N-ethyl adjacent to an activating group) is 1. The van der Waals surface area contributed by atoms with Crippen molar-refractivity contribution < 1.29 is 24.2 Å². The van der Waals surface area contributed by atoms with E-state index in [0.717, 1.165) is 0 Å². The van der Waals surface area contributed by atoms with Gasteiger partial charge in [0.15, 0.2) is 5.78 Å². The molecule has 0 saturated heterocycles. The smallest absolute Gasteiger partial charge is 0.305 e. The van der Waals surface area contributed by atoms with Crippen molar-refractivity contribution in [3.63, 3.8) is 0 Å². The Morgan fingerprint density at radius 3 is 2.47 bits per heavy atom. The number of hydrogen-bond donors (Lipinski definition) is 2. The third-order valence-corrected chi connectivity index (χ3v) is 2.72. The second-order valence-electron chi connectivity index (χ2n) is 3.87. The van der Waals surface area contributed by atoms with Gasteiger partial charge in [-0.25, -0.2) is 0 Å². The lowest BCUT2D eigenvalue weighted by molar-refractivity contribution is -0.137. The molecule has 0 spiro atoms. The first-order chi connectivity index (χ1) is 9.03. The van der Waals surface area contributed by atoms with Gasteiger partial charge in [0.1, 0.15) is 11.5 Å². The predicted molar refractivity (Wildman–Crippen MR) is 69.0 cm³/mol. The molecule has 0 bridgehead atoms. The van der Waals surface area contributed by atoms with E-state index in [0.29, 0.717) is 17.1 Å². The number of carboxylic acids is 1. The maximum atomic E-state index is 12.3. The zero-order valence-corrected chi connectivity index (χ0v) is 11.1. The molecule has 0 aliphatic carbocycles. The molecule has 0 amide bonds. The van der Waals surface area contributed by atoms with Crippen molar-refractivity contribution >= 4 is 11.8 Å². The summed E-state index contributed by atoms with van der Waals surface area (Å²) < 4.78 is 10.2. The van der Waals surface area contributed by atoms with Crippen LogP contribution in [0.15, 0.2) is 18.2 Å². The number of benzene rings is 1. The Morgan fingerprint density at radius 1 is 1.32 bits per heavy atom. The van der Waals surface area contributed by atoms with Crippen LogP contribution >= 0.6 is 0 Å². The molecule has 6 heteroatoms. The van der Waals surface area contributed by atoms with Crippen molar-refractivity contribution in [3.8, 4) is 11.5 Å². The van der Waals surface area contributed by atoms with E-state index >= 15 is 0 Å². The van der Waals surface area contributed by atoms with Gasteiger partial charge in [0.2, 0.25) is 0 Å². The molecule has 1 unspecified atom stereocenters. The van der Waals surface area contributed by atoms with E-state index in [2.05, 4.69) is 5.32 Å². The summed E-state index contributed by atoms with van der Waals surface area (Å²) in [7, 11) is 4.48. The predicted octanol–water partition coefficient (Wildman–Crippen LogP) is 0.949. The number of hydrogen-bond acceptors (Lipinski definition) is 5. The van der Waals surface area contributed by atoms with Gasteiger partial charge in [-0.3, -0.25) is 9.59 Å². The number of ketones is 1. The van der Waals surface area contributed by atoms with Crippen molar-refractivity contribution in [1.82, 2.24) is 5.32 Å². The highest BCUT2D eigenvalue weighted by Gasteiger charge is 2.24. The number of rotatable bonds is 7. The summed E-state index contributed by atoms with van der Waals surface area (Å²) in [6.07, 6.45) is -0.296. The van der Waals surface area contributed by atoms with Gasteiger partial charge in [0, 0.05) is 0 Å². The quantitative estimate of drug-likeness (QED) is 0.715. The fraction of sp³-hybridized carbons (Fsp3) is 0.385. The number of carbonyl (C=O) groups is 2. The molecule has 0 heterocycles. The molecule has 1 rings (SSSR count). The molecule has 104 valence electrons. The number of Topliss-reactive ketones (excluding diaryl/α,β-unsaturated/α-hetero) is 1. The number of methoxy groups -OCH3 is 2. The number of carbonyl (C=O) groups excluding carboxylic acids is 1. The van der Waals surface area contributed by atoms with E-state index in [-0.39, 0.29) is 12.2 Å². The highest BCUT2D eigenvalue weighted by atomic mass is 16.5. The van der Waals surface area contributed by atoms with Gasteiger partial charge in [-0.15, -0.1) is 0 Å².